The molecule has 1 fully saturated rings. The highest BCUT2D eigenvalue weighted by Crippen LogP contribution is 2.20. The van der Waals surface area contributed by atoms with Crippen molar-refractivity contribution in [3.8, 4) is 0 Å². The molecule has 114 valence electrons. The molecule has 0 bridgehead atoms. The van der Waals surface area contributed by atoms with Gasteiger partial charge in [0.05, 0.1) is 6.61 Å². The molecular weight excluding hydrogens is 236 g/mol. The van der Waals surface area contributed by atoms with Gasteiger partial charge >= 0.3 is 0 Å². The van der Waals surface area contributed by atoms with Crippen LogP contribution in [0.5, 0.6) is 0 Å². The van der Waals surface area contributed by atoms with Crippen molar-refractivity contribution >= 4 is 0 Å². The highest BCUT2D eigenvalue weighted by atomic mass is 16.3. The summed E-state index contributed by atoms with van der Waals surface area (Å²) < 4.78 is 0. The Morgan fingerprint density at radius 2 is 2.11 bits per heavy atom. The number of likely N-dealkylation sites (N-methyl/N-ethyl adjacent to an activating group) is 1. The van der Waals surface area contributed by atoms with E-state index in [9.17, 15) is 5.11 Å². The molecule has 3 heteroatoms. The fourth-order valence-electron chi connectivity index (χ4n) is 3.19. The van der Waals surface area contributed by atoms with Crippen LogP contribution in [0.15, 0.2) is 0 Å². The number of aliphatic hydroxyl groups excluding tert-OH is 1. The second kappa shape index (κ2) is 8.93. The molecule has 19 heavy (non-hydrogen) atoms. The predicted octanol–water partition coefficient (Wildman–Crippen LogP) is 2.64. The van der Waals surface area contributed by atoms with Crippen LogP contribution in [0.3, 0.4) is 0 Å². The summed E-state index contributed by atoms with van der Waals surface area (Å²) in [6.07, 6.45) is 7.68. The molecule has 1 heterocycles. The maximum atomic E-state index is 9.46. The Bertz CT molecular complexity index is 235. The summed E-state index contributed by atoms with van der Waals surface area (Å²) >= 11 is 0. The zero-order valence-corrected chi connectivity index (χ0v) is 13.2. The van der Waals surface area contributed by atoms with E-state index in [0.29, 0.717) is 0 Å². The Morgan fingerprint density at radius 1 is 1.32 bits per heavy atom. The molecule has 0 aromatic rings. The minimum atomic E-state index is -0.0808. The Kier molecular flexibility index (Phi) is 7.96. The molecule has 1 rings (SSSR count). The topological polar surface area (TPSA) is 35.5 Å². The summed E-state index contributed by atoms with van der Waals surface area (Å²) in [5, 5.41) is 12.9. The van der Waals surface area contributed by atoms with Crippen molar-refractivity contribution in [1.29, 1.82) is 0 Å². The monoisotopic (exact) mass is 270 g/mol. The number of hydrogen-bond donors (Lipinski definition) is 2. The fourth-order valence-corrected chi connectivity index (χ4v) is 3.19. The minimum absolute atomic E-state index is 0.0808. The van der Waals surface area contributed by atoms with Crippen molar-refractivity contribution in [2.24, 2.45) is 5.92 Å². The van der Waals surface area contributed by atoms with E-state index in [-0.39, 0.29) is 12.1 Å². The van der Waals surface area contributed by atoms with Crippen LogP contribution < -0.4 is 5.32 Å². The van der Waals surface area contributed by atoms with Gasteiger partial charge in [0.25, 0.3) is 0 Å². The molecule has 2 N–H and O–H groups in total. The van der Waals surface area contributed by atoms with E-state index >= 15 is 0 Å². The van der Waals surface area contributed by atoms with Crippen LogP contribution in [0.4, 0.5) is 0 Å². The van der Waals surface area contributed by atoms with E-state index < -0.39 is 0 Å². The predicted molar refractivity (Wildman–Crippen MR) is 82.5 cm³/mol. The van der Waals surface area contributed by atoms with Crippen LogP contribution >= 0.6 is 0 Å². The summed E-state index contributed by atoms with van der Waals surface area (Å²) in [6.45, 7) is 11.6. The van der Waals surface area contributed by atoms with Gasteiger partial charge in [0, 0.05) is 12.1 Å². The standard InChI is InChI=1S/C16H34N2O/c1-4-15-9-8-12-18(13-15)11-7-6-10-16(3,14-19)17-5-2/h15,17,19H,4-14H2,1-3H3. The van der Waals surface area contributed by atoms with Gasteiger partial charge in [-0.3, -0.25) is 0 Å². The first-order chi connectivity index (χ1) is 9.13. The van der Waals surface area contributed by atoms with E-state index in [1.54, 1.807) is 0 Å². The normalized spacial score (nSPS) is 24.3. The smallest absolute Gasteiger partial charge is 0.0610 e. The van der Waals surface area contributed by atoms with Crippen LogP contribution in [0.2, 0.25) is 0 Å². The van der Waals surface area contributed by atoms with Gasteiger partial charge < -0.3 is 15.3 Å². The number of unbranched alkanes of at least 4 members (excludes halogenated alkanes) is 1. The second-order valence-corrected chi connectivity index (χ2v) is 6.42. The van der Waals surface area contributed by atoms with Gasteiger partial charge in [-0.05, 0) is 58.2 Å². The first-order valence-corrected chi connectivity index (χ1v) is 8.21. The van der Waals surface area contributed by atoms with Gasteiger partial charge in [-0.2, -0.15) is 0 Å². The number of likely N-dealkylation sites (tertiary alicyclic amines) is 1. The van der Waals surface area contributed by atoms with Gasteiger partial charge in [-0.15, -0.1) is 0 Å². The third-order valence-corrected chi connectivity index (χ3v) is 4.59. The van der Waals surface area contributed by atoms with Gasteiger partial charge in [0.2, 0.25) is 0 Å². The maximum Gasteiger partial charge on any atom is 0.0610 e. The molecular formula is C16H34N2O. The SMILES string of the molecule is CCNC(C)(CO)CCCCN1CCCC(CC)C1. The molecule has 0 aliphatic carbocycles. The van der Waals surface area contributed by atoms with Crippen molar-refractivity contribution in [3.63, 3.8) is 0 Å². The summed E-state index contributed by atoms with van der Waals surface area (Å²) in [5.41, 5.74) is -0.0808. The lowest BCUT2D eigenvalue weighted by atomic mass is 9.94. The van der Waals surface area contributed by atoms with Gasteiger partial charge in [0.15, 0.2) is 0 Å². The van der Waals surface area contributed by atoms with Crippen LogP contribution in [-0.2, 0) is 0 Å². The van der Waals surface area contributed by atoms with Crippen molar-refractivity contribution in [1.82, 2.24) is 10.2 Å². The van der Waals surface area contributed by atoms with Gasteiger partial charge in [-0.1, -0.05) is 26.7 Å². The van der Waals surface area contributed by atoms with Crippen molar-refractivity contribution in [2.45, 2.75) is 64.8 Å². The number of piperidine rings is 1. The lowest BCUT2D eigenvalue weighted by Gasteiger charge is -2.33. The molecule has 2 unspecified atom stereocenters. The first-order valence-electron chi connectivity index (χ1n) is 8.21. The van der Waals surface area contributed by atoms with E-state index in [4.69, 9.17) is 0 Å². The van der Waals surface area contributed by atoms with E-state index in [1.165, 1.54) is 51.7 Å². The fraction of sp³-hybridized carbons (Fsp3) is 1.00. The highest BCUT2D eigenvalue weighted by Gasteiger charge is 2.22. The molecule has 2 atom stereocenters. The number of hydrogen-bond acceptors (Lipinski definition) is 3. The van der Waals surface area contributed by atoms with E-state index in [2.05, 4.69) is 31.0 Å². The maximum absolute atomic E-state index is 9.46. The minimum Gasteiger partial charge on any atom is -0.394 e. The molecule has 0 spiro atoms. The molecule has 0 radical (unpaired) electrons. The average molecular weight is 270 g/mol. The summed E-state index contributed by atoms with van der Waals surface area (Å²) in [4.78, 5) is 2.64. The Balaban J connectivity index is 2.16. The zero-order chi connectivity index (χ0) is 14.1. The average Bonchev–Trinajstić information content (AvgIpc) is 2.44. The van der Waals surface area contributed by atoms with Gasteiger partial charge in [-0.25, -0.2) is 0 Å². The quantitative estimate of drug-likeness (QED) is 0.632. The third-order valence-electron chi connectivity index (χ3n) is 4.59. The molecule has 1 saturated heterocycles. The van der Waals surface area contributed by atoms with Crippen LogP contribution in [0.25, 0.3) is 0 Å². The molecule has 0 amide bonds. The van der Waals surface area contributed by atoms with Crippen LogP contribution in [0.1, 0.15) is 59.3 Å². The Morgan fingerprint density at radius 3 is 2.74 bits per heavy atom. The van der Waals surface area contributed by atoms with E-state index in [1.807, 2.05) is 0 Å². The number of aliphatic hydroxyl groups is 1. The van der Waals surface area contributed by atoms with Crippen molar-refractivity contribution in [3.05, 3.63) is 0 Å². The Hall–Kier alpha value is -0.120. The lowest BCUT2D eigenvalue weighted by Crippen LogP contribution is -2.45. The summed E-state index contributed by atoms with van der Waals surface area (Å²) in [5.74, 6) is 0.929. The number of rotatable bonds is 9. The largest absolute Gasteiger partial charge is 0.394 e. The summed E-state index contributed by atoms with van der Waals surface area (Å²) in [7, 11) is 0. The first kappa shape index (κ1) is 16.9. The molecule has 0 saturated carbocycles. The molecule has 3 nitrogen and oxygen atoms in total. The highest BCUT2D eigenvalue weighted by molar-refractivity contribution is 4.81. The Labute approximate surface area is 119 Å². The third kappa shape index (κ3) is 6.24. The zero-order valence-electron chi connectivity index (χ0n) is 13.2. The van der Waals surface area contributed by atoms with Gasteiger partial charge in [0.1, 0.15) is 0 Å². The molecule has 0 aromatic carbocycles. The number of nitrogens with zero attached hydrogens (tertiary/aromatic N) is 1. The van der Waals surface area contributed by atoms with Crippen LogP contribution in [-0.4, -0.2) is 48.3 Å². The van der Waals surface area contributed by atoms with Crippen LogP contribution in [0, 0.1) is 5.92 Å². The molecule has 1 aliphatic heterocycles. The molecule has 1 aliphatic rings. The second-order valence-electron chi connectivity index (χ2n) is 6.42. The van der Waals surface area contributed by atoms with Crippen molar-refractivity contribution < 1.29 is 5.11 Å². The number of nitrogens with one attached hydrogen (secondary N) is 1. The van der Waals surface area contributed by atoms with E-state index in [0.717, 1.165) is 18.9 Å². The summed E-state index contributed by atoms with van der Waals surface area (Å²) in [6, 6.07) is 0. The lowest BCUT2D eigenvalue weighted by molar-refractivity contribution is 0.152. The molecule has 0 aromatic heterocycles. The van der Waals surface area contributed by atoms with Crippen molar-refractivity contribution in [2.75, 3.05) is 32.8 Å².